The van der Waals surface area contributed by atoms with Gasteiger partial charge in [0.1, 0.15) is 6.10 Å². The quantitative estimate of drug-likeness (QED) is 0.707. The first kappa shape index (κ1) is 11.5. The van der Waals surface area contributed by atoms with E-state index in [9.17, 15) is 4.79 Å². The second-order valence-corrected chi connectivity index (χ2v) is 4.92. The van der Waals surface area contributed by atoms with Crippen LogP contribution in [0.1, 0.15) is 52.4 Å². The van der Waals surface area contributed by atoms with E-state index in [4.69, 9.17) is 10.5 Å². The Morgan fingerprint density at radius 1 is 1.36 bits per heavy atom. The normalized spacial score (nSPS) is 19.4. The molecule has 3 heteroatoms. The maximum atomic E-state index is 11.4. The highest BCUT2D eigenvalue weighted by Gasteiger charge is 2.22. The van der Waals surface area contributed by atoms with E-state index in [0.29, 0.717) is 6.42 Å². The summed E-state index contributed by atoms with van der Waals surface area (Å²) in [6.45, 7) is 3.68. The summed E-state index contributed by atoms with van der Waals surface area (Å²) in [5, 5.41) is 0. The molecular weight excluding hydrogens is 178 g/mol. The number of carbonyl (C=O) groups excluding carboxylic acids is 1. The molecule has 14 heavy (non-hydrogen) atoms. The lowest BCUT2D eigenvalue weighted by molar-refractivity contribution is -0.151. The lowest BCUT2D eigenvalue weighted by Gasteiger charge is -2.24. The van der Waals surface area contributed by atoms with Crippen LogP contribution in [-0.2, 0) is 9.53 Å². The Bertz CT molecular complexity index is 190. The molecule has 3 nitrogen and oxygen atoms in total. The van der Waals surface area contributed by atoms with Gasteiger partial charge in [-0.3, -0.25) is 4.79 Å². The van der Waals surface area contributed by atoms with Crippen molar-refractivity contribution >= 4 is 5.97 Å². The first-order valence-corrected chi connectivity index (χ1v) is 5.46. The fourth-order valence-corrected chi connectivity index (χ4v) is 1.78. The summed E-state index contributed by atoms with van der Waals surface area (Å²) in [4.78, 5) is 11.4. The van der Waals surface area contributed by atoms with Crippen LogP contribution >= 0.6 is 0 Å². The fourth-order valence-electron chi connectivity index (χ4n) is 1.78. The molecule has 0 aromatic carbocycles. The zero-order chi connectivity index (χ0) is 10.6. The van der Waals surface area contributed by atoms with Gasteiger partial charge >= 0.3 is 5.97 Å². The lowest BCUT2D eigenvalue weighted by atomic mass is 9.97. The van der Waals surface area contributed by atoms with Crippen molar-refractivity contribution in [3.05, 3.63) is 0 Å². The highest BCUT2D eigenvalue weighted by atomic mass is 16.5. The monoisotopic (exact) mass is 199 g/mol. The average molecular weight is 199 g/mol. The molecule has 0 amide bonds. The second kappa shape index (κ2) is 4.78. The average Bonchev–Trinajstić information content (AvgIpc) is 2.02. The van der Waals surface area contributed by atoms with Crippen LogP contribution in [0.25, 0.3) is 0 Å². The molecule has 1 aliphatic carbocycles. The lowest BCUT2D eigenvalue weighted by Crippen LogP contribution is -2.36. The largest absolute Gasteiger partial charge is 0.462 e. The van der Waals surface area contributed by atoms with E-state index in [-0.39, 0.29) is 12.1 Å². The van der Waals surface area contributed by atoms with E-state index in [0.717, 1.165) is 12.8 Å². The van der Waals surface area contributed by atoms with Gasteiger partial charge in [0.05, 0.1) is 6.42 Å². The molecule has 0 atom stereocenters. The van der Waals surface area contributed by atoms with Gasteiger partial charge in [-0.05, 0) is 39.5 Å². The van der Waals surface area contributed by atoms with Crippen molar-refractivity contribution in [3.63, 3.8) is 0 Å². The first-order valence-electron chi connectivity index (χ1n) is 5.46. The van der Waals surface area contributed by atoms with E-state index in [1.54, 1.807) is 0 Å². The third-order valence-electron chi connectivity index (χ3n) is 2.45. The molecule has 0 spiro atoms. The summed E-state index contributed by atoms with van der Waals surface area (Å²) in [7, 11) is 0. The molecular formula is C11H21NO2. The SMILES string of the molecule is CC(C)(N)CC(=O)OC1CCCCC1. The van der Waals surface area contributed by atoms with E-state index >= 15 is 0 Å². The van der Waals surface area contributed by atoms with Crippen LogP contribution in [-0.4, -0.2) is 17.6 Å². The smallest absolute Gasteiger partial charge is 0.307 e. The maximum absolute atomic E-state index is 11.4. The molecule has 1 rings (SSSR count). The Balaban J connectivity index is 2.25. The van der Waals surface area contributed by atoms with Gasteiger partial charge < -0.3 is 10.5 Å². The molecule has 82 valence electrons. The third kappa shape index (κ3) is 4.61. The Morgan fingerprint density at radius 2 is 1.93 bits per heavy atom. The number of ether oxygens (including phenoxy) is 1. The third-order valence-corrected chi connectivity index (χ3v) is 2.45. The topological polar surface area (TPSA) is 52.3 Å². The highest BCUT2D eigenvalue weighted by molar-refractivity contribution is 5.70. The Labute approximate surface area is 86.0 Å². The van der Waals surface area contributed by atoms with Crippen molar-refractivity contribution in [1.29, 1.82) is 0 Å². The minimum atomic E-state index is -0.453. The predicted octanol–water partition coefficient (Wildman–Crippen LogP) is 1.99. The van der Waals surface area contributed by atoms with Crippen LogP contribution in [0.15, 0.2) is 0 Å². The summed E-state index contributed by atoms with van der Waals surface area (Å²) >= 11 is 0. The summed E-state index contributed by atoms with van der Waals surface area (Å²) in [5.74, 6) is -0.149. The molecule has 1 aliphatic rings. The van der Waals surface area contributed by atoms with Gasteiger partial charge in [0.15, 0.2) is 0 Å². The summed E-state index contributed by atoms with van der Waals surface area (Å²) in [5.41, 5.74) is 5.29. The van der Waals surface area contributed by atoms with E-state index < -0.39 is 5.54 Å². The molecule has 0 heterocycles. The van der Waals surface area contributed by atoms with E-state index in [2.05, 4.69) is 0 Å². The van der Waals surface area contributed by atoms with Crippen LogP contribution in [0.4, 0.5) is 0 Å². The van der Waals surface area contributed by atoms with Crippen molar-refractivity contribution in [3.8, 4) is 0 Å². The number of hydrogen-bond acceptors (Lipinski definition) is 3. The van der Waals surface area contributed by atoms with E-state index in [1.165, 1.54) is 19.3 Å². The number of rotatable bonds is 3. The van der Waals surface area contributed by atoms with Gasteiger partial charge in [-0.15, -0.1) is 0 Å². The van der Waals surface area contributed by atoms with Gasteiger partial charge in [0, 0.05) is 5.54 Å². The van der Waals surface area contributed by atoms with Gasteiger partial charge in [0.2, 0.25) is 0 Å². The summed E-state index contributed by atoms with van der Waals surface area (Å²) in [6, 6.07) is 0. The molecule has 0 unspecified atom stereocenters. The first-order chi connectivity index (χ1) is 6.47. The number of carbonyl (C=O) groups is 1. The Morgan fingerprint density at radius 3 is 2.43 bits per heavy atom. The van der Waals surface area contributed by atoms with Gasteiger partial charge in [-0.1, -0.05) is 6.42 Å². The standard InChI is InChI=1S/C11H21NO2/c1-11(2,12)8-10(13)14-9-6-4-3-5-7-9/h9H,3-8,12H2,1-2H3. The Hall–Kier alpha value is -0.570. The predicted molar refractivity (Wildman–Crippen MR) is 55.8 cm³/mol. The molecule has 0 aromatic heterocycles. The maximum Gasteiger partial charge on any atom is 0.307 e. The van der Waals surface area contributed by atoms with Crippen molar-refractivity contribution < 1.29 is 9.53 Å². The highest BCUT2D eigenvalue weighted by Crippen LogP contribution is 2.21. The molecule has 1 fully saturated rings. The molecule has 0 aliphatic heterocycles. The number of esters is 1. The molecule has 1 saturated carbocycles. The minimum absolute atomic E-state index is 0.149. The summed E-state index contributed by atoms with van der Waals surface area (Å²) < 4.78 is 5.35. The fraction of sp³-hybridized carbons (Fsp3) is 0.909. The number of hydrogen-bond donors (Lipinski definition) is 1. The molecule has 0 aromatic rings. The van der Waals surface area contributed by atoms with Crippen LogP contribution in [0.3, 0.4) is 0 Å². The molecule has 0 saturated heterocycles. The van der Waals surface area contributed by atoms with Gasteiger partial charge in [0.25, 0.3) is 0 Å². The van der Waals surface area contributed by atoms with E-state index in [1.807, 2.05) is 13.8 Å². The molecule has 0 bridgehead atoms. The summed E-state index contributed by atoms with van der Waals surface area (Å²) in [6.07, 6.45) is 6.15. The number of nitrogens with two attached hydrogens (primary N) is 1. The van der Waals surface area contributed by atoms with Crippen molar-refractivity contribution in [1.82, 2.24) is 0 Å². The van der Waals surface area contributed by atoms with Gasteiger partial charge in [-0.25, -0.2) is 0 Å². The minimum Gasteiger partial charge on any atom is -0.462 e. The van der Waals surface area contributed by atoms with Crippen LogP contribution in [0.2, 0.25) is 0 Å². The zero-order valence-corrected chi connectivity index (χ0v) is 9.21. The Kier molecular flexibility index (Phi) is 3.93. The van der Waals surface area contributed by atoms with Crippen molar-refractivity contribution in [2.24, 2.45) is 5.73 Å². The van der Waals surface area contributed by atoms with Crippen molar-refractivity contribution in [2.45, 2.75) is 64.0 Å². The second-order valence-electron chi connectivity index (χ2n) is 4.92. The van der Waals surface area contributed by atoms with Crippen LogP contribution in [0.5, 0.6) is 0 Å². The zero-order valence-electron chi connectivity index (χ0n) is 9.21. The molecule has 2 N–H and O–H groups in total. The van der Waals surface area contributed by atoms with Crippen LogP contribution in [0, 0.1) is 0 Å². The van der Waals surface area contributed by atoms with Crippen LogP contribution < -0.4 is 5.73 Å². The molecule has 0 radical (unpaired) electrons. The van der Waals surface area contributed by atoms with Gasteiger partial charge in [-0.2, -0.15) is 0 Å². The van der Waals surface area contributed by atoms with Crippen molar-refractivity contribution in [2.75, 3.05) is 0 Å².